The van der Waals surface area contributed by atoms with Crippen LogP contribution in [0.2, 0.25) is 5.02 Å². The Morgan fingerprint density at radius 3 is 2.77 bits per heavy atom. The Bertz CT molecular complexity index is 1300. The lowest BCUT2D eigenvalue weighted by atomic mass is 10.1. The van der Waals surface area contributed by atoms with Crippen LogP contribution in [0.5, 0.6) is 5.75 Å². The smallest absolute Gasteiger partial charge is 0.265 e. The van der Waals surface area contributed by atoms with Crippen LogP contribution >= 0.6 is 23.5 Å². The molecule has 0 atom stereocenters. The highest BCUT2D eigenvalue weighted by Gasteiger charge is 2.31. The number of hydrogen-bond acceptors (Lipinski definition) is 7. The number of anilines is 1. The van der Waals surface area contributed by atoms with E-state index in [1.165, 1.54) is 16.8 Å². The number of hydrogen-bond donors (Lipinski definition) is 3. The molecule has 1 aliphatic rings. The van der Waals surface area contributed by atoms with Gasteiger partial charge in [-0.1, -0.05) is 31.5 Å². The minimum Gasteiger partial charge on any atom is -0.506 e. The van der Waals surface area contributed by atoms with Gasteiger partial charge in [-0.3, -0.25) is 14.8 Å². The number of aromatic hydroxyl groups is 1. The van der Waals surface area contributed by atoms with Gasteiger partial charge in [-0.2, -0.15) is 9.46 Å². The minimum absolute atomic E-state index is 0.0701. The van der Waals surface area contributed by atoms with Crippen LogP contribution in [-0.4, -0.2) is 25.7 Å². The topological polar surface area (TPSA) is 111 Å². The number of nitrogens with one attached hydrogen (secondary N) is 1. The van der Waals surface area contributed by atoms with Crippen molar-refractivity contribution < 1.29 is 10.3 Å². The Morgan fingerprint density at radius 2 is 2.03 bits per heavy atom. The zero-order valence-electron chi connectivity index (χ0n) is 16.2. The number of aryl methyl sites for hydroxylation is 1. The second-order valence-corrected chi connectivity index (χ2v) is 8.52. The summed E-state index contributed by atoms with van der Waals surface area (Å²) >= 11 is 7.25. The highest BCUT2D eigenvalue weighted by Crippen LogP contribution is 2.37. The number of nitrogens with zero attached hydrogens (tertiary/aromatic N) is 3. The summed E-state index contributed by atoms with van der Waals surface area (Å²) in [7, 11) is 0. The highest BCUT2D eigenvalue weighted by atomic mass is 35.5. The van der Waals surface area contributed by atoms with Crippen molar-refractivity contribution in [3.05, 3.63) is 61.6 Å². The van der Waals surface area contributed by atoms with E-state index in [0.717, 1.165) is 18.4 Å². The molecular formula is C20H19ClN4O4S. The predicted molar refractivity (Wildman–Crippen MR) is 118 cm³/mol. The van der Waals surface area contributed by atoms with Crippen LogP contribution in [0.25, 0.3) is 10.9 Å². The monoisotopic (exact) mass is 446 g/mol. The van der Waals surface area contributed by atoms with Crippen LogP contribution in [0.4, 0.5) is 5.69 Å². The molecule has 0 spiro atoms. The molecule has 8 nitrogen and oxygen atoms in total. The second kappa shape index (κ2) is 7.82. The third-order valence-electron chi connectivity index (χ3n) is 4.90. The van der Waals surface area contributed by atoms with Gasteiger partial charge in [0.05, 0.1) is 15.9 Å². The average molecular weight is 447 g/mol. The molecule has 0 unspecified atom stereocenters. The lowest BCUT2D eigenvalue weighted by Crippen LogP contribution is -2.39. The van der Waals surface area contributed by atoms with Crippen LogP contribution < -0.4 is 16.1 Å². The molecule has 156 valence electrons. The van der Waals surface area contributed by atoms with E-state index in [-0.39, 0.29) is 27.5 Å². The summed E-state index contributed by atoms with van der Waals surface area (Å²) in [5.41, 5.74) is -0.787. The molecule has 4 rings (SSSR count). The maximum absolute atomic E-state index is 13.4. The molecule has 0 bridgehead atoms. The molecule has 2 aromatic heterocycles. The van der Waals surface area contributed by atoms with Crippen LogP contribution in [0.3, 0.4) is 0 Å². The van der Waals surface area contributed by atoms with E-state index >= 15 is 0 Å². The number of aromatic amines is 1. The van der Waals surface area contributed by atoms with Crippen molar-refractivity contribution in [2.75, 3.05) is 5.06 Å². The van der Waals surface area contributed by atoms with Gasteiger partial charge in [-0.15, -0.1) is 0 Å². The number of rotatable bonds is 4. The summed E-state index contributed by atoms with van der Waals surface area (Å²) in [5.74, 6) is -0.284. The van der Waals surface area contributed by atoms with E-state index in [1.54, 1.807) is 18.2 Å². The zero-order chi connectivity index (χ0) is 21.6. The number of aromatic nitrogens is 2. The van der Waals surface area contributed by atoms with Gasteiger partial charge in [0.15, 0.2) is 11.5 Å². The Morgan fingerprint density at radius 1 is 1.27 bits per heavy atom. The molecule has 0 saturated heterocycles. The molecule has 0 fully saturated rings. The lowest BCUT2D eigenvalue weighted by molar-refractivity contribution is 0.308. The van der Waals surface area contributed by atoms with Crippen LogP contribution in [0.1, 0.15) is 25.8 Å². The number of hydroxylamine groups is 1. The molecular weight excluding hydrogens is 428 g/mol. The van der Waals surface area contributed by atoms with Crippen molar-refractivity contribution in [3.8, 4) is 5.75 Å². The van der Waals surface area contributed by atoms with Crippen LogP contribution in [-0.2, 0) is 6.54 Å². The fraction of sp³-hybridized carbons (Fsp3) is 0.250. The number of benzene rings is 1. The zero-order valence-corrected chi connectivity index (χ0v) is 17.8. The normalized spacial score (nSPS) is 13.6. The molecule has 3 heterocycles. The number of halogens is 1. The second-order valence-electron chi connectivity index (χ2n) is 7.33. The van der Waals surface area contributed by atoms with Gasteiger partial charge in [0.25, 0.3) is 5.56 Å². The van der Waals surface area contributed by atoms with Gasteiger partial charge in [0.2, 0.25) is 5.43 Å². The fourth-order valence-electron chi connectivity index (χ4n) is 3.36. The molecule has 0 amide bonds. The summed E-state index contributed by atoms with van der Waals surface area (Å²) in [6, 6.07) is 6.28. The molecule has 3 N–H and O–H groups in total. The first-order valence-electron chi connectivity index (χ1n) is 9.31. The Hall–Kier alpha value is -2.75. The van der Waals surface area contributed by atoms with E-state index in [2.05, 4.69) is 9.38 Å². The Balaban J connectivity index is 1.99. The van der Waals surface area contributed by atoms with Crippen molar-refractivity contribution >= 4 is 46.0 Å². The number of amidine groups is 1. The maximum atomic E-state index is 13.4. The molecule has 0 saturated carbocycles. The molecule has 0 aliphatic carbocycles. The van der Waals surface area contributed by atoms with E-state index < -0.39 is 16.7 Å². The number of pyridine rings is 2. The summed E-state index contributed by atoms with van der Waals surface area (Å²) in [4.78, 5) is 28.5. The largest absolute Gasteiger partial charge is 0.506 e. The molecule has 1 aliphatic heterocycles. The Labute approximate surface area is 180 Å². The van der Waals surface area contributed by atoms with E-state index in [9.17, 15) is 19.9 Å². The van der Waals surface area contributed by atoms with Crippen molar-refractivity contribution in [2.24, 2.45) is 10.3 Å². The third kappa shape index (κ3) is 3.28. The van der Waals surface area contributed by atoms with Crippen molar-refractivity contribution in [2.45, 2.75) is 31.8 Å². The summed E-state index contributed by atoms with van der Waals surface area (Å²) in [6.45, 7) is 4.48. The van der Waals surface area contributed by atoms with Crippen molar-refractivity contribution in [1.82, 2.24) is 9.55 Å². The van der Waals surface area contributed by atoms with Crippen LogP contribution in [0.15, 0.2) is 49.5 Å². The quantitative estimate of drug-likeness (QED) is 0.526. The van der Waals surface area contributed by atoms with Gasteiger partial charge < -0.3 is 14.7 Å². The highest BCUT2D eigenvalue weighted by molar-refractivity contribution is 7.98. The summed E-state index contributed by atoms with van der Waals surface area (Å²) < 4.78 is 5.70. The van der Waals surface area contributed by atoms with Crippen LogP contribution in [0, 0.1) is 5.92 Å². The van der Waals surface area contributed by atoms with Gasteiger partial charge in [0, 0.05) is 30.8 Å². The SMILES string of the molecule is CC(C)CCn1c(=O)c(C2=NSc3[nH]ccc(=O)c3N2O)c(O)c2c(Cl)cccc21. The molecule has 0 radical (unpaired) electrons. The van der Waals surface area contributed by atoms with Crippen molar-refractivity contribution in [1.29, 1.82) is 0 Å². The minimum atomic E-state index is -0.530. The maximum Gasteiger partial charge on any atom is 0.265 e. The third-order valence-corrected chi connectivity index (χ3v) is 5.98. The molecule has 10 heteroatoms. The average Bonchev–Trinajstić information content (AvgIpc) is 2.69. The lowest BCUT2D eigenvalue weighted by Gasteiger charge is -2.25. The first-order valence-corrected chi connectivity index (χ1v) is 10.5. The van der Waals surface area contributed by atoms with E-state index in [4.69, 9.17) is 11.6 Å². The standard InChI is InChI=1S/C20H19ClN4O4S/c1-10(2)7-9-24-12-5-3-4-11(21)14(12)17(27)15(20(24)28)18-23-30-19-16(25(18)29)13(26)6-8-22-19/h3-6,8,10,27,29H,7,9H2,1-2H3,(H,22,26). The van der Waals surface area contributed by atoms with Gasteiger partial charge in [0.1, 0.15) is 16.3 Å². The van der Waals surface area contributed by atoms with Gasteiger partial charge in [-0.05, 0) is 24.5 Å². The summed E-state index contributed by atoms with van der Waals surface area (Å²) in [5, 5.41) is 23.1. The Kier molecular flexibility index (Phi) is 5.35. The van der Waals surface area contributed by atoms with Gasteiger partial charge in [-0.25, -0.2) is 0 Å². The fourth-order valence-corrected chi connectivity index (χ4v) is 4.36. The molecule has 30 heavy (non-hydrogen) atoms. The van der Waals surface area contributed by atoms with Gasteiger partial charge >= 0.3 is 0 Å². The van der Waals surface area contributed by atoms with Crippen molar-refractivity contribution in [3.63, 3.8) is 0 Å². The van der Waals surface area contributed by atoms with E-state index in [1.807, 2.05) is 13.8 Å². The van der Waals surface area contributed by atoms with E-state index in [0.29, 0.717) is 28.1 Å². The first-order chi connectivity index (χ1) is 14.3. The first kappa shape index (κ1) is 20.5. The molecule has 3 aromatic rings. The number of H-pyrrole nitrogens is 1. The molecule has 1 aromatic carbocycles. The number of fused-ring (bicyclic) bond motifs is 2. The summed E-state index contributed by atoms with van der Waals surface area (Å²) in [6.07, 6.45) is 2.16. The predicted octanol–water partition coefficient (Wildman–Crippen LogP) is 3.76.